The Hall–Kier alpha value is -5.22. The molecule has 50 heavy (non-hydrogen) atoms. The smallest absolute Gasteiger partial charge is 0.126 e. The highest BCUT2D eigenvalue weighted by Gasteiger charge is 2.19. The lowest BCUT2D eigenvalue weighted by atomic mass is 9.84. The van der Waals surface area contributed by atoms with Crippen LogP contribution in [0, 0.1) is 0 Å². The van der Waals surface area contributed by atoms with E-state index in [1.165, 1.54) is 33.4 Å². The van der Waals surface area contributed by atoms with Gasteiger partial charge in [-0.25, -0.2) is 4.98 Å². The summed E-state index contributed by atoms with van der Waals surface area (Å²) in [5.74, 6) is 1.79. The summed E-state index contributed by atoms with van der Waals surface area (Å²) in [6, 6.07) is 34.6. The number of hydrogen-bond acceptors (Lipinski definition) is 4. The Labute approximate surface area is 297 Å². The SMILES string of the molecule is CC(C)c1cccc(C(C)C)c1-c1ccc(-c2cccc(C=Nc3cccc4cc(-c5c(C(C)C)cccc5C(C)C)cc(O)c34)n2)c(O)c1. The van der Waals surface area contributed by atoms with Gasteiger partial charge in [0.15, 0.2) is 0 Å². The maximum Gasteiger partial charge on any atom is 0.126 e. The van der Waals surface area contributed by atoms with Crippen molar-refractivity contribution in [3.8, 4) is 45.0 Å². The normalized spacial score (nSPS) is 12.0. The van der Waals surface area contributed by atoms with Crippen LogP contribution in [-0.2, 0) is 0 Å². The second kappa shape index (κ2) is 14.3. The number of nitrogens with zero attached hydrogens (tertiary/aromatic N) is 2. The van der Waals surface area contributed by atoms with Gasteiger partial charge in [0.1, 0.15) is 11.5 Å². The molecular formula is C46H48N2O2. The zero-order chi connectivity index (χ0) is 35.7. The monoisotopic (exact) mass is 660 g/mol. The summed E-state index contributed by atoms with van der Waals surface area (Å²) in [6.45, 7) is 17.7. The van der Waals surface area contributed by atoms with Gasteiger partial charge in [0.05, 0.1) is 23.3 Å². The fourth-order valence-corrected chi connectivity index (χ4v) is 7.12. The standard InChI is InChI=1S/C46H48N2O2/c1-27(2)35-15-11-16-36(28(3)4)44(35)32-21-22-39(42(49)24-32)40-19-10-14-34(48-40)26-47-41-20-9-13-31-23-33(25-43(50)46(31)41)45-37(29(5)6)17-12-18-38(45)30(7)8/h9-30,49-50H,1-8H3. The van der Waals surface area contributed by atoms with E-state index in [1.807, 2.05) is 54.6 Å². The molecule has 5 aromatic carbocycles. The predicted molar refractivity (Wildman–Crippen MR) is 211 cm³/mol. The molecule has 254 valence electrons. The van der Waals surface area contributed by atoms with Crippen LogP contribution in [0.15, 0.2) is 108 Å². The van der Waals surface area contributed by atoms with Gasteiger partial charge in [-0.2, -0.15) is 0 Å². The van der Waals surface area contributed by atoms with E-state index in [9.17, 15) is 10.2 Å². The second-order valence-corrected chi connectivity index (χ2v) is 14.6. The molecule has 6 aromatic rings. The highest BCUT2D eigenvalue weighted by molar-refractivity contribution is 6.02. The fourth-order valence-electron chi connectivity index (χ4n) is 7.12. The maximum atomic E-state index is 11.5. The topological polar surface area (TPSA) is 65.7 Å². The van der Waals surface area contributed by atoms with E-state index >= 15 is 0 Å². The van der Waals surface area contributed by atoms with E-state index in [2.05, 4.69) is 104 Å². The molecule has 0 atom stereocenters. The van der Waals surface area contributed by atoms with Crippen LogP contribution in [0.2, 0.25) is 0 Å². The number of aliphatic imine (C=N–C) groups is 1. The maximum absolute atomic E-state index is 11.5. The highest BCUT2D eigenvalue weighted by Crippen LogP contribution is 2.43. The minimum atomic E-state index is 0.187. The Morgan fingerprint density at radius 2 is 1.06 bits per heavy atom. The summed E-state index contributed by atoms with van der Waals surface area (Å²) in [7, 11) is 0. The average molecular weight is 661 g/mol. The van der Waals surface area contributed by atoms with Gasteiger partial charge in [0.25, 0.3) is 0 Å². The van der Waals surface area contributed by atoms with E-state index in [4.69, 9.17) is 9.98 Å². The lowest BCUT2D eigenvalue weighted by Gasteiger charge is -2.20. The number of rotatable bonds is 9. The minimum absolute atomic E-state index is 0.187. The Balaban J connectivity index is 1.34. The van der Waals surface area contributed by atoms with Crippen LogP contribution in [0.5, 0.6) is 11.5 Å². The number of hydrogen-bond donors (Lipinski definition) is 2. The molecule has 4 nitrogen and oxygen atoms in total. The number of aromatic nitrogens is 1. The van der Waals surface area contributed by atoms with Crippen LogP contribution >= 0.6 is 0 Å². The van der Waals surface area contributed by atoms with E-state index in [1.54, 1.807) is 6.21 Å². The van der Waals surface area contributed by atoms with Crippen LogP contribution < -0.4 is 0 Å². The van der Waals surface area contributed by atoms with Crippen LogP contribution in [0.1, 0.15) is 107 Å². The molecule has 1 aromatic heterocycles. The van der Waals surface area contributed by atoms with Crippen molar-refractivity contribution in [2.24, 2.45) is 4.99 Å². The van der Waals surface area contributed by atoms with E-state index in [0.717, 1.165) is 16.5 Å². The number of benzene rings is 5. The van der Waals surface area contributed by atoms with E-state index in [0.29, 0.717) is 51.7 Å². The first kappa shape index (κ1) is 34.6. The van der Waals surface area contributed by atoms with Crippen molar-refractivity contribution < 1.29 is 10.2 Å². The van der Waals surface area contributed by atoms with Crippen molar-refractivity contribution in [2.45, 2.75) is 79.1 Å². The van der Waals surface area contributed by atoms with Gasteiger partial charge in [-0.3, -0.25) is 4.99 Å². The lowest BCUT2D eigenvalue weighted by Crippen LogP contribution is -2.00. The molecule has 0 fully saturated rings. The first-order valence-corrected chi connectivity index (χ1v) is 17.8. The van der Waals surface area contributed by atoms with Crippen molar-refractivity contribution in [2.75, 3.05) is 0 Å². The molecule has 0 radical (unpaired) electrons. The average Bonchev–Trinajstić information content (AvgIpc) is 3.09. The number of aromatic hydroxyl groups is 2. The van der Waals surface area contributed by atoms with Gasteiger partial charge in [0, 0.05) is 10.9 Å². The quantitative estimate of drug-likeness (QED) is 0.152. The molecule has 0 saturated carbocycles. The molecule has 6 rings (SSSR count). The van der Waals surface area contributed by atoms with Crippen LogP contribution in [0.3, 0.4) is 0 Å². The third kappa shape index (κ3) is 6.80. The van der Waals surface area contributed by atoms with Crippen molar-refractivity contribution in [3.63, 3.8) is 0 Å². The number of phenols is 2. The molecule has 0 aliphatic heterocycles. The molecule has 0 bridgehead atoms. The van der Waals surface area contributed by atoms with Gasteiger partial charge in [-0.05, 0) is 116 Å². The number of pyridine rings is 1. The molecule has 0 amide bonds. The molecule has 0 spiro atoms. The molecule has 0 aliphatic rings. The Morgan fingerprint density at radius 3 is 1.62 bits per heavy atom. The van der Waals surface area contributed by atoms with E-state index in [-0.39, 0.29) is 11.5 Å². The van der Waals surface area contributed by atoms with Crippen molar-refractivity contribution >= 4 is 22.7 Å². The summed E-state index contributed by atoms with van der Waals surface area (Å²) < 4.78 is 0. The number of phenolic OH excluding ortho intramolecular Hbond substituents is 2. The van der Waals surface area contributed by atoms with Crippen LogP contribution in [0.25, 0.3) is 44.3 Å². The van der Waals surface area contributed by atoms with Crippen LogP contribution in [0.4, 0.5) is 5.69 Å². The molecule has 1 heterocycles. The second-order valence-electron chi connectivity index (χ2n) is 14.6. The van der Waals surface area contributed by atoms with Gasteiger partial charge in [-0.15, -0.1) is 0 Å². The van der Waals surface area contributed by atoms with Gasteiger partial charge in [-0.1, -0.05) is 116 Å². The number of fused-ring (bicyclic) bond motifs is 1. The van der Waals surface area contributed by atoms with E-state index < -0.39 is 0 Å². The summed E-state index contributed by atoms with van der Waals surface area (Å²) in [5.41, 5.74) is 12.1. The van der Waals surface area contributed by atoms with Gasteiger partial charge < -0.3 is 10.2 Å². The third-order valence-corrected chi connectivity index (χ3v) is 9.64. The Bertz CT molecular complexity index is 2160. The van der Waals surface area contributed by atoms with Gasteiger partial charge in [0.2, 0.25) is 0 Å². The molecule has 0 aliphatic carbocycles. The summed E-state index contributed by atoms with van der Waals surface area (Å²) in [5, 5.41) is 24.4. The Kier molecular flexibility index (Phi) is 9.93. The highest BCUT2D eigenvalue weighted by atomic mass is 16.3. The predicted octanol–water partition coefficient (Wildman–Crippen LogP) is 12.9. The summed E-state index contributed by atoms with van der Waals surface area (Å²) in [6.07, 6.45) is 1.72. The molecule has 4 heteroatoms. The largest absolute Gasteiger partial charge is 0.507 e. The zero-order valence-corrected chi connectivity index (χ0v) is 30.5. The van der Waals surface area contributed by atoms with Crippen molar-refractivity contribution in [1.29, 1.82) is 0 Å². The zero-order valence-electron chi connectivity index (χ0n) is 30.5. The van der Waals surface area contributed by atoms with Crippen molar-refractivity contribution in [1.82, 2.24) is 4.98 Å². The minimum Gasteiger partial charge on any atom is -0.507 e. The summed E-state index contributed by atoms with van der Waals surface area (Å²) >= 11 is 0. The third-order valence-electron chi connectivity index (χ3n) is 9.64. The lowest BCUT2D eigenvalue weighted by molar-refractivity contribution is 0.477. The first-order chi connectivity index (χ1) is 23.9. The molecular weight excluding hydrogens is 613 g/mol. The van der Waals surface area contributed by atoms with Crippen molar-refractivity contribution in [3.05, 3.63) is 131 Å². The molecule has 0 saturated heterocycles. The molecule has 0 unspecified atom stereocenters. The summed E-state index contributed by atoms with van der Waals surface area (Å²) in [4.78, 5) is 9.66. The van der Waals surface area contributed by atoms with Gasteiger partial charge >= 0.3 is 0 Å². The molecule has 2 N–H and O–H groups in total. The Morgan fingerprint density at radius 1 is 0.540 bits per heavy atom. The first-order valence-electron chi connectivity index (χ1n) is 17.8. The van der Waals surface area contributed by atoms with Crippen LogP contribution in [-0.4, -0.2) is 21.4 Å². The fraction of sp³-hybridized carbons (Fsp3) is 0.261.